The number of amides is 1. The predicted molar refractivity (Wildman–Crippen MR) is 113 cm³/mol. The lowest BCUT2D eigenvalue weighted by atomic mass is 9.97. The van der Waals surface area contributed by atoms with Gasteiger partial charge in [-0.25, -0.2) is 4.98 Å². The van der Waals surface area contributed by atoms with E-state index in [-0.39, 0.29) is 11.8 Å². The minimum atomic E-state index is -0.0343. The van der Waals surface area contributed by atoms with Crippen molar-refractivity contribution >= 4 is 23.1 Å². The van der Waals surface area contributed by atoms with Gasteiger partial charge in [-0.15, -0.1) is 0 Å². The van der Waals surface area contributed by atoms with Crippen LogP contribution in [-0.4, -0.2) is 42.1 Å². The highest BCUT2D eigenvalue weighted by molar-refractivity contribution is 5.96. The minimum absolute atomic E-state index is 0.0343. The summed E-state index contributed by atoms with van der Waals surface area (Å²) in [7, 11) is 0. The second kappa shape index (κ2) is 9.04. The summed E-state index contributed by atoms with van der Waals surface area (Å²) < 4.78 is 0. The first-order valence-corrected chi connectivity index (χ1v) is 10.5. The topological polar surface area (TPSA) is 61.4 Å². The molecule has 0 bridgehead atoms. The number of nitrogens with one attached hydrogen (secondary N) is 1. The largest absolute Gasteiger partial charge is 0.370 e. The lowest BCUT2D eigenvalue weighted by Gasteiger charge is -2.33. The second-order valence-corrected chi connectivity index (χ2v) is 7.76. The molecule has 1 atom stereocenters. The molecule has 0 saturated carbocycles. The van der Waals surface area contributed by atoms with Crippen LogP contribution in [0, 0.1) is 5.92 Å². The smallest absolute Gasteiger partial charge is 0.229 e. The maximum atomic E-state index is 13.1. The van der Waals surface area contributed by atoms with Gasteiger partial charge < -0.3 is 15.1 Å². The highest BCUT2D eigenvalue weighted by atomic mass is 16.1. The number of aromatic nitrogens is 2. The lowest BCUT2D eigenvalue weighted by molar-refractivity contribution is -0.120. The Labute approximate surface area is 167 Å². The first-order valence-electron chi connectivity index (χ1n) is 10.5. The van der Waals surface area contributed by atoms with E-state index in [1.54, 1.807) is 18.6 Å². The van der Waals surface area contributed by atoms with Crippen LogP contribution in [0.3, 0.4) is 0 Å². The van der Waals surface area contributed by atoms with E-state index < -0.39 is 0 Å². The average Bonchev–Trinajstić information content (AvgIpc) is 3.04. The molecule has 0 spiro atoms. The summed E-state index contributed by atoms with van der Waals surface area (Å²) in [5, 5.41) is 3.23. The summed E-state index contributed by atoms with van der Waals surface area (Å²) in [5.41, 5.74) is 2.09. The van der Waals surface area contributed by atoms with Crippen LogP contribution >= 0.6 is 0 Å². The van der Waals surface area contributed by atoms with Gasteiger partial charge in [-0.3, -0.25) is 9.78 Å². The van der Waals surface area contributed by atoms with Crippen molar-refractivity contribution in [2.75, 3.05) is 41.3 Å². The molecule has 2 saturated heterocycles. The van der Waals surface area contributed by atoms with Crippen molar-refractivity contribution in [3.05, 3.63) is 42.9 Å². The van der Waals surface area contributed by atoms with Gasteiger partial charge in [0.05, 0.1) is 23.5 Å². The van der Waals surface area contributed by atoms with Crippen molar-refractivity contribution < 1.29 is 4.79 Å². The number of carbonyl (C=O) groups excluding carboxylic acids is 1. The summed E-state index contributed by atoms with van der Waals surface area (Å²) >= 11 is 0. The van der Waals surface area contributed by atoms with Crippen LogP contribution in [0.4, 0.5) is 17.2 Å². The number of hydrogen-bond donors (Lipinski definition) is 1. The molecule has 6 nitrogen and oxygen atoms in total. The van der Waals surface area contributed by atoms with Crippen molar-refractivity contribution in [1.82, 2.24) is 9.97 Å². The molecule has 3 heterocycles. The van der Waals surface area contributed by atoms with Crippen LogP contribution in [0.25, 0.3) is 0 Å². The fraction of sp³-hybridized carbons (Fsp3) is 0.500. The van der Waals surface area contributed by atoms with Gasteiger partial charge in [0.1, 0.15) is 5.82 Å². The van der Waals surface area contributed by atoms with Gasteiger partial charge in [-0.05, 0) is 37.8 Å². The van der Waals surface area contributed by atoms with Crippen LogP contribution < -0.4 is 15.1 Å². The molecule has 2 fully saturated rings. The minimum Gasteiger partial charge on any atom is -0.370 e. The van der Waals surface area contributed by atoms with Gasteiger partial charge in [0, 0.05) is 38.6 Å². The monoisotopic (exact) mass is 379 g/mol. The summed E-state index contributed by atoms with van der Waals surface area (Å²) in [6.45, 7) is 3.75. The van der Waals surface area contributed by atoms with Crippen molar-refractivity contribution in [2.45, 2.75) is 38.5 Å². The SMILES string of the molecule is O=C(Nc1ccccc1N1CCCCCC1)[C@H]1CCCN(c2cnccn2)C1. The molecule has 28 heavy (non-hydrogen) atoms. The molecule has 1 aromatic heterocycles. The molecule has 148 valence electrons. The van der Waals surface area contributed by atoms with E-state index in [0.29, 0.717) is 6.54 Å². The Hall–Kier alpha value is -2.63. The molecule has 6 heteroatoms. The Bertz CT molecular complexity index is 774. The van der Waals surface area contributed by atoms with E-state index in [1.807, 2.05) is 12.1 Å². The number of hydrogen-bond acceptors (Lipinski definition) is 5. The maximum absolute atomic E-state index is 13.1. The summed E-state index contributed by atoms with van der Waals surface area (Å²) in [4.78, 5) is 26.2. The number of carbonyl (C=O) groups is 1. The average molecular weight is 380 g/mol. The number of rotatable bonds is 4. The summed E-state index contributed by atoms with van der Waals surface area (Å²) in [6, 6.07) is 8.23. The second-order valence-electron chi connectivity index (χ2n) is 7.76. The predicted octanol–water partition coefficient (Wildman–Crippen LogP) is 3.71. The normalized spacial score (nSPS) is 20.5. The molecule has 2 aliphatic rings. The molecular formula is C22H29N5O. The Morgan fingerprint density at radius 2 is 1.75 bits per heavy atom. The zero-order chi connectivity index (χ0) is 19.2. The number of nitrogens with zero attached hydrogens (tertiary/aromatic N) is 4. The van der Waals surface area contributed by atoms with Crippen molar-refractivity contribution in [3.63, 3.8) is 0 Å². The third kappa shape index (κ3) is 4.43. The molecule has 1 N–H and O–H groups in total. The Morgan fingerprint density at radius 1 is 0.964 bits per heavy atom. The van der Waals surface area contributed by atoms with E-state index in [2.05, 4.69) is 37.2 Å². The van der Waals surface area contributed by atoms with Crippen LogP contribution in [0.2, 0.25) is 0 Å². The number of benzene rings is 1. The molecule has 1 amide bonds. The fourth-order valence-corrected chi connectivity index (χ4v) is 4.26. The van der Waals surface area contributed by atoms with Gasteiger partial charge in [0.25, 0.3) is 0 Å². The zero-order valence-corrected chi connectivity index (χ0v) is 16.4. The van der Waals surface area contributed by atoms with Crippen LogP contribution in [0.1, 0.15) is 38.5 Å². The number of anilines is 3. The van der Waals surface area contributed by atoms with Crippen molar-refractivity contribution in [2.24, 2.45) is 5.92 Å². The van der Waals surface area contributed by atoms with E-state index in [9.17, 15) is 4.79 Å². The first kappa shape index (κ1) is 18.7. The number of para-hydroxylation sites is 2. The molecule has 0 aliphatic carbocycles. The molecule has 4 rings (SSSR count). The lowest BCUT2D eigenvalue weighted by Crippen LogP contribution is -2.41. The molecule has 0 radical (unpaired) electrons. The molecule has 0 unspecified atom stereocenters. The third-order valence-corrected chi connectivity index (χ3v) is 5.77. The van der Waals surface area contributed by atoms with Crippen LogP contribution in [-0.2, 0) is 4.79 Å². The molecule has 2 aliphatic heterocycles. The van der Waals surface area contributed by atoms with Gasteiger partial charge >= 0.3 is 0 Å². The summed E-state index contributed by atoms with van der Waals surface area (Å²) in [5.74, 6) is 0.925. The van der Waals surface area contributed by atoms with E-state index in [1.165, 1.54) is 25.7 Å². The first-order chi connectivity index (χ1) is 13.8. The van der Waals surface area contributed by atoms with Crippen LogP contribution in [0.15, 0.2) is 42.9 Å². The molecule has 1 aromatic carbocycles. The van der Waals surface area contributed by atoms with Crippen LogP contribution in [0.5, 0.6) is 0 Å². The van der Waals surface area contributed by atoms with Crippen molar-refractivity contribution in [1.29, 1.82) is 0 Å². The van der Waals surface area contributed by atoms with Gasteiger partial charge in [0.2, 0.25) is 5.91 Å². The molecular weight excluding hydrogens is 350 g/mol. The Morgan fingerprint density at radius 3 is 2.54 bits per heavy atom. The van der Waals surface area contributed by atoms with Crippen molar-refractivity contribution in [3.8, 4) is 0 Å². The van der Waals surface area contributed by atoms with Gasteiger partial charge in [-0.1, -0.05) is 25.0 Å². The summed E-state index contributed by atoms with van der Waals surface area (Å²) in [6.07, 6.45) is 12.1. The fourth-order valence-electron chi connectivity index (χ4n) is 4.26. The molecule has 2 aromatic rings. The zero-order valence-electron chi connectivity index (χ0n) is 16.4. The van der Waals surface area contributed by atoms with E-state index in [0.717, 1.165) is 49.7 Å². The van der Waals surface area contributed by atoms with E-state index >= 15 is 0 Å². The van der Waals surface area contributed by atoms with Gasteiger partial charge in [-0.2, -0.15) is 0 Å². The Kier molecular flexibility index (Phi) is 6.04. The third-order valence-electron chi connectivity index (χ3n) is 5.77. The number of piperidine rings is 1. The quantitative estimate of drug-likeness (QED) is 0.877. The highest BCUT2D eigenvalue weighted by Gasteiger charge is 2.27. The standard InChI is InChI=1S/C22H29N5O/c28-22(18-8-7-15-27(17-18)21-16-23-11-12-24-21)25-19-9-3-4-10-20(19)26-13-5-1-2-6-14-26/h3-4,9-12,16,18H,1-2,5-8,13-15,17H2,(H,25,28)/t18-/m0/s1. The van der Waals surface area contributed by atoms with Gasteiger partial charge in [0.15, 0.2) is 0 Å². The Balaban J connectivity index is 1.45. The maximum Gasteiger partial charge on any atom is 0.229 e. The highest BCUT2D eigenvalue weighted by Crippen LogP contribution is 2.29. The van der Waals surface area contributed by atoms with E-state index in [4.69, 9.17) is 0 Å².